The molecule has 0 unspecified atom stereocenters. The van der Waals surface area contributed by atoms with E-state index in [1.54, 1.807) is 0 Å². The molecule has 0 atom stereocenters. The molecule has 0 amide bonds. The molecule has 11 aromatic rings. The second-order valence-corrected chi connectivity index (χ2v) is 13.4. The highest BCUT2D eigenvalue weighted by Gasteiger charge is 2.20. The summed E-state index contributed by atoms with van der Waals surface area (Å²) in [5.74, 6) is 0. The lowest BCUT2D eigenvalue weighted by Crippen LogP contribution is -2.09. The van der Waals surface area contributed by atoms with Crippen molar-refractivity contribution >= 4 is 77.1 Å². The second-order valence-electron chi connectivity index (χ2n) is 13.4. The molecule has 0 radical (unpaired) electrons. The van der Waals surface area contributed by atoms with E-state index < -0.39 is 0 Å². The van der Waals surface area contributed by atoms with Gasteiger partial charge in [0.2, 0.25) is 0 Å². The predicted molar refractivity (Wildman–Crippen MR) is 214 cm³/mol. The highest BCUT2D eigenvalue weighted by Crippen LogP contribution is 2.43. The van der Waals surface area contributed by atoms with Gasteiger partial charge in [-0.05, 0) is 89.0 Å². The number of hydrogen-bond acceptors (Lipinski definition) is 2. The number of furan rings is 1. The lowest BCUT2D eigenvalue weighted by atomic mass is 10.0. The van der Waals surface area contributed by atoms with Crippen LogP contribution in [0.1, 0.15) is 0 Å². The fourth-order valence-electron chi connectivity index (χ4n) is 8.15. The second kappa shape index (κ2) is 10.8. The Morgan fingerprint density at radius 1 is 0.333 bits per heavy atom. The van der Waals surface area contributed by atoms with Crippen LogP contribution in [0.25, 0.3) is 82.3 Å². The molecule has 8 aromatic carbocycles. The third kappa shape index (κ3) is 4.25. The van der Waals surface area contributed by atoms with Gasteiger partial charge in [-0.3, -0.25) is 0 Å². The molecule has 0 saturated heterocycles. The van der Waals surface area contributed by atoms with Gasteiger partial charge in [-0.15, -0.1) is 0 Å². The standard InChI is InChI=1S/C48H30N2O/c1-2-9-31(10-3-1)32-17-22-35(23-18-32)49(36-24-19-33(20-25-36)34-21-27-40-39-12-5-7-16-46(39)51-47(40)29-34)37-26-28-45-43(30-37)42-14-8-13-41-38-11-4-6-15-44(38)50(45)48(41)42/h1-30H. The van der Waals surface area contributed by atoms with Crippen LogP contribution in [-0.2, 0) is 0 Å². The molecule has 0 saturated carbocycles. The first-order valence-electron chi connectivity index (χ1n) is 17.4. The molecule has 3 nitrogen and oxygen atoms in total. The molecule has 11 rings (SSSR count). The molecule has 0 spiro atoms. The number of anilines is 3. The average molecular weight is 651 g/mol. The van der Waals surface area contributed by atoms with E-state index in [1.165, 1.54) is 49.2 Å². The first kappa shape index (κ1) is 28.0. The Hall–Kier alpha value is -6.84. The maximum atomic E-state index is 6.22. The minimum Gasteiger partial charge on any atom is -0.456 e. The zero-order chi connectivity index (χ0) is 33.5. The van der Waals surface area contributed by atoms with E-state index in [0.29, 0.717) is 0 Å². The molecule has 0 N–H and O–H groups in total. The highest BCUT2D eigenvalue weighted by atomic mass is 16.3. The van der Waals surface area contributed by atoms with Crippen LogP contribution in [0.15, 0.2) is 186 Å². The Morgan fingerprint density at radius 3 is 1.67 bits per heavy atom. The third-order valence-corrected chi connectivity index (χ3v) is 10.5. The minimum absolute atomic E-state index is 0.907. The van der Waals surface area contributed by atoms with Gasteiger partial charge in [0.1, 0.15) is 11.2 Å². The van der Waals surface area contributed by atoms with Crippen molar-refractivity contribution in [1.29, 1.82) is 0 Å². The molecule has 3 heterocycles. The molecule has 238 valence electrons. The summed E-state index contributed by atoms with van der Waals surface area (Å²) >= 11 is 0. The topological polar surface area (TPSA) is 20.8 Å². The summed E-state index contributed by atoms with van der Waals surface area (Å²) in [7, 11) is 0. The number of para-hydroxylation sites is 3. The summed E-state index contributed by atoms with van der Waals surface area (Å²) in [5.41, 5.74) is 13.6. The normalized spacial score (nSPS) is 11.9. The van der Waals surface area contributed by atoms with Gasteiger partial charge in [0, 0.05) is 49.4 Å². The van der Waals surface area contributed by atoms with Crippen LogP contribution >= 0.6 is 0 Å². The molecular weight excluding hydrogens is 621 g/mol. The minimum atomic E-state index is 0.907. The molecule has 0 fully saturated rings. The predicted octanol–water partition coefficient (Wildman–Crippen LogP) is 13.5. The van der Waals surface area contributed by atoms with Crippen molar-refractivity contribution in [2.75, 3.05) is 4.90 Å². The van der Waals surface area contributed by atoms with Gasteiger partial charge < -0.3 is 13.7 Å². The maximum absolute atomic E-state index is 6.22. The number of fused-ring (bicyclic) bond motifs is 9. The van der Waals surface area contributed by atoms with E-state index in [4.69, 9.17) is 4.42 Å². The Labute approximate surface area is 294 Å². The molecule has 0 aliphatic heterocycles. The van der Waals surface area contributed by atoms with Crippen molar-refractivity contribution in [2.45, 2.75) is 0 Å². The Balaban J connectivity index is 1.05. The third-order valence-electron chi connectivity index (χ3n) is 10.5. The smallest absolute Gasteiger partial charge is 0.136 e. The van der Waals surface area contributed by atoms with E-state index in [2.05, 4.69) is 179 Å². The number of rotatable bonds is 5. The summed E-state index contributed by atoms with van der Waals surface area (Å²) in [5, 5.41) is 7.41. The zero-order valence-corrected chi connectivity index (χ0v) is 27.6. The fraction of sp³-hybridized carbons (Fsp3) is 0. The molecule has 0 aliphatic rings. The molecular formula is C48H30N2O. The Morgan fingerprint density at radius 2 is 0.882 bits per heavy atom. The number of hydrogen-bond donors (Lipinski definition) is 0. The van der Waals surface area contributed by atoms with Crippen molar-refractivity contribution in [2.24, 2.45) is 0 Å². The van der Waals surface area contributed by atoms with Gasteiger partial charge in [0.05, 0.1) is 16.6 Å². The van der Waals surface area contributed by atoms with Crippen LogP contribution < -0.4 is 4.90 Å². The van der Waals surface area contributed by atoms with Crippen LogP contribution in [0.3, 0.4) is 0 Å². The largest absolute Gasteiger partial charge is 0.456 e. The zero-order valence-electron chi connectivity index (χ0n) is 27.6. The quantitative estimate of drug-likeness (QED) is 0.185. The number of nitrogens with zero attached hydrogens (tertiary/aromatic N) is 2. The summed E-state index contributed by atoms with van der Waals surface area (Å²) in [4.78, 5) is 2.37. The van der Waals surface area contributed by atoms with Gasteiger partial charge in [-0.1, -0.05) is 115 Å². The van der Waals surface area contributed by atoms with Crippen LogP contribution in [-0.4, -0.2) is 4.40 Å². The Bertz CT molecular complexity index is 3060. The average Bonchev–Trinajstić information content (AvgIpc) is 3.86. The van der Waals surface area contributed by atoms with Crippen molar-refractivity contribution in [3.05, 3.63) is 182 Å². The lowest BCUT2D eigenvalue weighted by molar-refractivity contribution is 0.669. The van der Waals surface area contributed by atoms with Crippen molar-refractivity contribution in [3.8, 4) is 22.3 Å². The van der Waals surface area contributed by atoms with E-state index >= 15 is 0 Å². The van der Waals surface area contributed by atoms with E-state index in [1.807, 2.05) is 12.1 Å². The molecule has 3 heteroatoms. The van der Waals surface area contributed by atoms with E-state index in [9.17, 15) is 0 Å². The first-order chi connectivity index (χ1) is 25.3. The monoisotopic (exact) mass is 650 g/mol. The van der Waals surface area contributed by atoms with E-state index in [0.717, 1.165) is 50.1 Å². The SMILES string of the molecule is c1ccc(-c2ccc(N(c3ccc(-c4ccc5c(c4)oc4ccccc45)cc3)c3ccc4c(c3)c3cccc5c6ccccc6n4c53)cc2)cc1. The number of benzene rings is 8. The summed E-state index contributed by atoms with van der Waals surface area (Å²) in [6, 6.07) is 65.5. The molecule has 51 heavy (non-hydrogen) atoms. The van der Waals surface area contributed by atoms with Crippen LogP contribution in [0, 0.1) is 0 Å². The van der Waals surface area contributed by atoms with Crippen LogP contribution in [0.2, 0.25) is 0 Å². The Kier molecular flexibility index (Phi) is 5.96. The molecule has 0 aliphatic carbocycles. The summed E-state index contributed by atoms with van der Waals surface area (Å²) in [6.45, 7) is 0. The maximum Gasteiger partial charge on any atom is 0.136 e. The van der Waals surface area contributed by atoms with Crippen molar-refractivity contribution in [3.63, 3.8) is 0 Å². The summed E-state index contributed by atoms with van der Waals surface area (Å²) < 4.78 is 8.66. The van der Waals surface area contributed by atoms with Crippen LogP contribution in [0.5, 0.6) is 0 Å². The van der Waals surface area contributed by atoms with E-state index in [-0.39, 0.29) is 0 Å². The molecule has 0 bridgehead atoms. The van der Waals surface area contributed by atoms with Gasteiger partial charge in [0.15, 0.2) is 0 Å². The summed E-state index contributed by atoms with van der Waals surface area (Å²) in [6.07, 6.45) is 0. The van der Waals surface area contributed by atoms with Gasteiger partial charge in [0.25, 0.3) is 0 Å². The highest BCUT2D eigenvalue weighted by molar-refractivity contribution is 6.23. The van der Waals surface area contributed by atoms with Gasteiger partial charge in [-0.2, -0.15) is 0 Å². The fourth-order valence-corrected chi connectivity index (χ4v) is 8.15. The first-order valence-corrected chi connectivity index (χ1v) is 17.4. The van der Waals surface area contributed by atoms with Crippen molar-refractivity contribution < 1.29 is 4.42 Å². The van der Waals surface area contributed by atoms with Crippen LogP contribution in [0.4, 0.5) is 17.1 Å². The lowest BCUT2D eigenvalue weighted by Gasteiger charge is -2.26. The van der Waals surface area contributed by atoms with Crippen molar-refractivity contribution in [1.82, 2.24) is 4.40 Å². The number of aromatic nitrogens is 1. The van der Waals surface area contributed by atoms with Gasteiger partial charge in [-0.25, -0.2) is 0 Å². The molecule has 3 aromatic heterocycles. The van der Waals surface area contributed by atoms with Gasteiger partial charge >= 0.3 is 0 Å².